The maximum absolute atomic E-state index is 12.8. The lowest BCUT2D eigenvalue weighted by atomic mass is 9.96. The van der Waals surface area contributed by atoms with E-state index >= 15 is 0 Å². The zero-order chi connectivity index (χ0) is 19.6. The number of rotatable bonds is 5. The highest BCUT2D eigenvalue weighted by molar-refractivity contribution is 7.89. The summed E-state index contributed by atoms with van der Waals surface area (Å²) in [6, 6.07) is 4.17. The van der Waals surface area contributed by atoms with Crippen LogP contribution in [-0.4, -0.2) is 60.8 Å². The van der Waals surface area contributed by atoms with Gasteiger partial charge in [-0.15, -0.1) is 0 Å². The molecule has 1 aliphatic heterocycles. The summed E-state index contributed by atoms with van der Waals surface area (Å²) >= 11 is 0. The van der Waals surface area contributed by atoms with Gasteiger partial charge in [-0.1, -0.05) is 6.07 Å². The number of hydrogen-bond donors (Lipinski definition) is 1. The summed E-state index contributed by atoms with van der Waals surface area (Å²) in [4.78, 5) is 25.0. The third-order valence-electron chi connectivity index (χ3n) is 5.21. The fourth-order valence-corrected chi connectivity index (χ4v) is 4.57. The van der Waals surface area contributed by atoms with E-state index in [0.29, 0.717) is 12.8 Å². The summed E-state index contributed by atoms with van der Waals surface area (Å²) in [6.07, 6.45) is 0.777. The molecule has 26 heavy (non-hydrogen) atoms. The van der Waals surface area contributed by atoms with Crippen LogP contribution in [0.3, 0.4) is 0 Å². The van der Waals surface area contributed by atoms with E-state index in [1.165, 1.54) is 23.2 Å². The minimum absolute atomic E-state index is 0.247. The van der Waals surface area contributed by atoms with E-state index in [9.17, 15) is 18.0 Å². The Morgan fingerprint density at radius 3 is 2.27 bits per heavy atom. The van der Waals surface area contributed by atoms with Crippen molar-refractivity contribution in [3.05, 3.63) is 29.3 Å². The summed E-state index contributed by atoms with van der Waals surface area (Å²) in [7, 11) is -2.11. The van der Waals surface area contributed by atoms with Crippen molar-refractivity contribution < 1.29 is 23.1 Å². The number of sulfonamides is 1. The molecule has 0 aliphatic carbocycles. The molecule has 1 aromatic carbocycles. The van der Waals surface area contributed by atoms with Crippen molar-refractivity contribution in [1.29, 1.82) is 0 Å². The van der Waals surface area contributed by atoms with Crippen molar-refractivity contribution >= 4 is 21.9 Å². The highest BCUT2D eigenvalue weighted by atomic mass is 32.2. The van der Waals surface area contributed by atoms with Crippen molar-refractivity contribution in [2.45, 2.75) is 44.6 Å². The van der Waals surface area contributed by atoms with Crippen LogP contribution >= 0.6 is 0 Å². The second-order valence-corrected chi connectivity index (χ2v) is 8.83. The lowest BCUT2D eigenvalue weighted by Crippen LogP contribution is -2.47. The number of aliphatic carboxylic acids is 1. The van der Waals surface area contributed by atoms with Crippen molar-refractivity contribution in [2.75, 3.05) is 20.1 Å². The first kappa shape index (κ1) is 20.4. The van der Waals surface area contributed by atoms with Gasteiger partial charge in [0.25, 0.3) is 0 Å². The molecule has 1 atom stereocenters. The quantitative estimate of drug-likeness (QED) is 0.835. The number of carbonyl (C=O) groups excluding carboxylic acids is 1. The van der Waals surface area contributed by atoms with E-state index in [4.69, 9.17) is 5.11 Å². The molecule has 8 heteroatoms. The Morgan fingerprint density at radius 1 is 1.19 bits per heavy atom. The zero-order valence-corrected chi connectivity index (χ0v) is 16.4. The minimum Gasteiger partial charge on any atom is -0.480 e. The zero-order valence-electron chi connectivity index (χ0n) is 15.6. The summed E-state index contributed by atoms with van der Waals surface area (Å²) in [5, 5.41) is 9.03. The van der Waals surface area contributed by atoms with E-state index in [1.54, 1.807) is 18.2 Å². The van der Waals surface area contributed by atoms with Crippen LogP contribution in [-0.2, 0) is 19.6 Å². The van der Waals surface area contributed by atoms with Crippen LogP contribution in [0.25, 0.3) is 0 Å². The lowest BCUT2D eigenvalue weighted by molar-refractivity contribution is -0.150. The largest absolute Gasteiger partial charge is 0.480 e. The molecule has 1 fully saturated rings. The highest BCUT2D eigenvalue weighted by Gasteiger charge is 2.35. The number of piperidine rings is 1. The summed E-state index contributed by atoms with van der Waals surface area (Å²) in [5.41, 5.74) is 1.95. The summed E-state index contributed by atoms with van der Waals surface area (Å²) < 4.78 is 27.0. The second-order valence-electron chi connectivity index (χ2n) is 6.89. The highest BCUT2D eigenvalue weighted by Crippen LogP contribution is 2.26. The van der Waals surface area contributed by atoms with Gasteiger partial charge >= 0.3 is 5.97 Å². The maximum Gasteiger partial charge on any atom is 0.326 e. The Morgan fingerprint density at radius 2 is 1.77 bits per heavy atom. The van der Waals surface area contributed by atoms with Gasteiger partial charge in [-0.25, -0.2) is 13.2 Å². The monoisotopic (exact) mass is 382 g/mol. The number of hydrogen-bond acceptors (Lipinski definition) is 4. The molecule has 1 aromatic rings. The Balaban J connectivity index is 2.06. The van der Waals surface area contributed by atoms with Gasteiger partial charge in [-0.2, -0.15) is 4.31 Å². The first-order valence-corrected chi connectivity index (χ1v) is 10.1. The van der Waals surface area contributed by atoms with Crippen LogP contribution in [0.1, 0.15) is 30.9 Å². The van der Waals surface area contributed by atoms with Crippen molar-refractivity contribution in [1.82, 2.24) is 9.21 Å². The second kappa shape index (κ2) is 7.75. The van der Waals surface area contributed by atoms with E-state index in [0.717, 1.165) is 11.1 Å². The molecular weight excluding hydrogens is 356 g/mol. The molecule has 1 unspecified atom stereocenters. The average Bonchev–Trinajstić information content (AvgIpc) is 2.62. The normalized spacial score (nSPS) is 17.7. The molecule has 7 nitrogen and oxygen atoms in total. The Kier molecular flexibility index (Phi) is 6.08. The van der Waals surface area contributed by atoms with Gasteiger partial charge in [0.05, 0.1) is 4.90 Å². The first-order chi connectivity index (χ1) is 12.1. The first-order valence-electron chi connectivity index (χ1n) is 8.62. The summed E-state index contributed by atoms with van der Waals surface area (Å²) in [6.45, 7) is 5.76. The standard InChI is InChI=1S/C18H26N2O5S/c1-12-5-6-16(11-13(12)2)26(24,25)20-9-7-15(8-10-20)17(21)19(4)14(3)18(22)23/h5-6,11,14-15H,7-10H2,1-4H3,(H,22,23). The molecule has 1 amide bonds. The van der Waals surface area contributed by atoms with Gasteiger partial charge in [0.1, 0.15) is 6.04 Å². The number of amides is 1. The molecule has 0 spiro atoms. The minimum atomic E-state index is -3.59. The van der Waals surface area contributed by atoms with E-state index in [1.807, 2.05) is 13.8 Å². The number of benzene rings is 1. The third kappa shape index (κ3) is 4.07. The topological polar surface area (TPSA) is 95.0 Å². The number of aryl methyl sites for hydroxylation is 2. The molecule has 0 saturated carbocycles. The fourth-order valence-electron chi connectivity index (χ4n) is 3.01. The Hall–Kier alpha value is -1.93. The molecule has 0 aromatic heterocycles. The maximum atomic E-state index is 12.8. The molecule has 0 bridgehead atoms. The SMILES string of the molecule is Cc1ccc(S(=O)(=O)N2CCC(C(=O)N(C)C(C)C(=O)O)CC2)cc1C. The predicted molar refractivity (Wildman–Crippen MR) is 97.3 cm³/mol. The van der Waals surface area contributed by atoms with Crippen LogP contribution in [0.15, 0.2) is 23.1 Å². The van der Waals surface area contributed by atoms with Gasteiger partial charge in [0, 0.05) is 26.1 Å². The molecule has 2 rings (SSSR count). The summed E-state index contributed by atoms with van der Waals surface area (Å²) in [5.74, 6) is -1.66. The molecular formula is C18H26N2O5S. The van der Waals surface area contributed by atoms with Gasteiger partial charge in [0.15, 0.2) is 0 Å². The third-order valence-corrected chi connectivity index (χ3v) is 7.10. The molecule has 144 valence electrons. The Bertz CT molecular complexity index is 798. The molecule has 1 saturated heterocycles. The Labute approximate surface area is 154 Å². The lowest BCUT2D eigenvalue weighted by Gasteiger charge is -2.33. The van der Waals surface area contributed by atoms with Gasteiger partial charge in [0.2, 0.25) is 15.9 Å². The van der Waals surface area contributed by atoms with Crippen LogP contribution in [0.5, 0.6) is 0 Å². The van der Waals surface area contributed by atoms with E-state index in [2.05, 4.69) is 0 Å². The van der Waals surface area contributed by atoms with Gasteiger partial charge < -0.3 is 10.0 Å². The van der Waals surface area contributed by atoms with Gasteiger partial charge in [-0.05, 0) is 56.9 Å². The van der Waals surface area contributed by atoms with Crippen LogP contribution in [0.4, 0.5) is 0 Å². The molecule has 1 N–H and O–H groups in total. The van der Waals surface area contributed by atoms with E-state index in [-0.39, 0.29) is 29.8 Å². The number of likely N-dealkylation sites (N-methyl/N-ethyl adjacent to an activating group) is 1. The molecule has 1 heterocycles. The number of carbonyl (C=O) groups is 2. The average molecular weight is 382 g/mol. The fraction of sp³-hybridized carbons (Fsp3) is 0.556. The van der Waals surface area contributed by atoms with Crippen molar-refractivity contribution in [3.8, 4) is 0 Å². The van der Waals surface area contributed by atoms with Crippen molar-refractivity contribution in [2.24, 2.45) is 5.92 Å². The van der Waals surface area contributed by atoms with Crippen LogP contribution in [0, 0.1) is 19.8 Å². The molecule has 0 radical (unpaired) electrons. The smallest absolute Gasteiger partial charge is 0.326 e. The number of nitrogens with zero attached hydrogens (tertiary/aromatic N) is 2. The van der Waals surface area contributed by atoms with Crippen LogP contribution in [0.2, 0.25) is 0 Å². The molecule has 1 aliphatic rings. The van der Waals surface area contributed by atoms with Crippen molar-refractivity contribution in [3.63, 3.8) is 0 Å². The number of carboxylic acids is 1. The van der Waals surface area contributed by atoms with Crippen LogP contribution < -0.4 is 0 Å². The predicted octanol–water partition coefficient (Wildman–Crippen LogP) is 1.64. The number of carboxylic acid groups (broad SMARTS) is 1. The van der Waals surface area contributed by atoms with Gasteiger partial charge in [-0.3, -0.25) is 4.79 Å². The van der Waals surface area contributed by atoms with E-state index < -0.39 is 22.0 Å².